The number of aromatic nitrogens is 2. The summed E-state index contributed by atoms with van der Waals surface area (Å²) in [6.07, 6.45) is 8.08. The van der Waals surface area contributed by atoms with E-state index in [2.05, 4.69) is 41.4 Å². The Morgan fingerprint density at radius 1 is 1.16 bits per heavy atom. The van der Waals surface area contributed by atoms with Crippen LogP contribution in [0.4, 0.5) is 11.6 Å². The molecule has 0 saturated heterocycles. The maximum Gasteiger partial charge on any atom is 0.134 e. The van der Waals surface area contributed by atoms with Crippen LogP contribution in [0.5, 0.6) is 0 Å². The Labute approximate surface area is 116 Å². The second-order valence-corrected chi connectivity index (χ2v) is 5.68. The highest BCUT2D eigenvalue weighted by Gasteiger charge is 2.34. The van der Waals surface area contributed by atoms with Gasteiger partial charge >= 0.3 is 0 Å². The number of anilines is 2. The van der Waals surface area contributed by atoms with Gasteiger partial charge in [0.1, 0.15) is 18.0 Å². The van der Waals surface area contributed by atoms with Crippen LogP contribution >= 0.6 is 0 Å². The average molecular weight is 262 g/mol. The Hall–Kier alpha value is -1.32. The monoisotopic (exact) mass is 262 g/mol. The van der Waals surface area contributed by atoms with Crippen LogP contribution in [-0.2, 0) is 0 Å². The minimum absolute atomic E-state index is 0.508. The maximum atomic E-state index is 4.38. The zero-order valence-corrected chi connectivity index (χ0v) is 12.4. The van der Waals surface area contributed by atoms with Crippen LogP contribution in [-0.4, -0.2) is 23.1 Å². The summed E-state index contributed by atoms with van der Waals surface area (Å²) in [5.74, 6) is 1.94. The molecule has 1 saturated carbocycles. The Morgan fingerprint density at radius 2 is 1.84 bits per heavy atom. The van der Waals surface area contributed by atoms with Crippen molar-refractivity contribution in [1.29, 1.82) is 0 Å². The number of hydrogen-bond acceptors (Lipinski definition) is 4. The van der Waals surface area contributed by atoms with Gasteiger partial charge in [0.25, 0.3) is 0 Å². The number of hydrogen-bond donors (Lipinski definition) is 2. The lowest BCUT2D eigenvalue weighted by Crippen LogP contribution is -2.36. The van der Waals surface area contributed by atoms with Crippen LogP contribution in [0.1, 0.15) is 51.5 Å². The van der Waals surface area contributed by atoms with Gasteiger partial charge in [-0.3, -0.25) is 0 Å². The normalized spacial score (nSPS) is 16.8. The van der Waals surface area contributed by atoms with Crippen molar-refractivity contribution in [3.05, 3.63) is 11.9 Å². The molecule has 1 aromatic rings. The first kappa shape index (κ1) is 14.1. The van der Waals surface area contributed by atoms with E-state index in [0.29, 0.717) is 5.41 Å². The van der Waals surface area contributed by atoms with Crippen molar-refractivity contribution in [2.45, 2.75) is 52.9 Å². The van der Waals surface area contributed by atoms with E-state index in [1.807, 2.05) is 0 Å². The van der Waals surface area contributed by atoms with Crippen LogP contribution in [0.3, 0.4) is 0 Å². The third-order valence-electron chi connectivity index (χ3n) is 4.42. The molecule has 2 rings (SSSR count). The Balaban J connectivity index is 1.99. The van der Waals surface area contributed by atoms with Gasteiger partial charge in [0, 0.05) is 18.7 Å². The molecule has 0 spiro atoms. The molecule has 0 bridgehead atoms. The molecule has 0 unspecified atom stereocenters. The van der Waals surface area contributed by atoms with Gasteiger partial charge in [-0.1, -0.05) is 20.3 Å². The van der Waals surface area contributed by atoms with Gasteiger partial charge in [-0.25, -0.2) is 9.97 Å². The summed E-state index contributed by atoms with van der Waals surface area (Å²) < 4.78 is 0. The van der Waals surface area contributed by atoms with E-state index in [1.54, 1.807) is 6.33 Å². The van der Waals surface area contributed by atoms with Gasteiger partial charge < -0.3 is 10.6 Å². The van der Waals surface area contributed by atoms with Crippen LogP contribution in [0.15, 0.2) is 6.33 Å². The lowest BCUT2D eigenvalue weighted by atomic mass is 9.67. The molecule has 0 aromatic carbocycles. The molecule has 2 N–H and O–H groups in total. The van der Waals surface area contributed by atoms with Gasteiger partial charge in [-0.2, -0.15) is 0 Å². The van der Waals surface area contributed by atoms with Crippen molar-refractivity contribution in [3.63, 3.8) is 0 Å². The van der Waals surface area contributed by atoms with Gasteiger partial charge in [0.2, 0.25) is 0 Å². The molecule has 1 fully saturated rings. The van der Waals surface area contributed by atoms with E-state index < -0.39 is 0 Å². The van der Waals surface area contributed by atoms with Crippen molar-refractivity contribution in [1.82, 2.24) is 9.97 Å². The standard InChI is InChI=1S/C15H26N4/c1-4-9-16-13-12(3)14(19-11-18-13)17-10-15(5-2)7-6-8-15/h11H,4-10H2,1-3H3,(H2,16,17,18,19). The van der Waals surface area contributed by atoms with E-state index >= 15 is 0 Å². The maximum absolute atomic E-state index is 4.38. The van der Waals surface area contributed by atoms with Crippen LogP contribution < -0.4 is 10.6 Å². The number of rotatable bonds is 7. The summed E-state index contributed by atoms with van der Waals surface area (Å²) >= 11 is 0. The van der Waals surface area contributed by atoms with Crippen LogP contribution in [0, 0.1) is 12.3 Å². The Morgan fingerprint density at radius 3 is 2.37 bits per heavy atom. The zero-order valence-electron chi connectivity index (χ0n) is 12.4. The molecule has 19 heavy (non-hydrogen) atoms. The average Bonchev–Trinajstić information content (AvgIpc) is 2.38. The molecule has 0 amide bonds. The molecule has 0 atom stereocenters. The fourth-order valence-corrected chi connectivity index (χ4v) is 2.65. The molecule has 1 aliphatic rings. The molecule has 0 aliphatic heterocycles. The van der Waals surface area contributed by atoms with Crippen molar-refractivity contribution < 1.29 is 0 Å². The molecular formula is C15H26N4. The summed E-state index contributed by atoms with van der Waals surface area (Å²) in [7, 11) is 0. The highest BCUT2D eigenvalue weighted by Crippen LogP contribution is 2.43. The third kappa shape index (κ3) is 3.17. The molecule has 4 heteroatoms. The molecular weight excluding hydrogens is 236 g/mol. The smallest absolute Gasteiger partial charge is 0.134 e. The largest absolute Gasteiger partial charge is 0.370 e. The van der Waals surface area contributed by atoms with Gasteiger partial charge in [-0.15, -0.1) is 0 Å². The van der Waals surface area contributed by atoms with Gasteiger partial charge in [0.05, 0.1) is 0 Å². The van der Waals surface area contributed by atoms with Gasteiger partial charge in [0.15, 0.2) is 0 Å². The van der Waals surface area contributed by atoms with Crippen molar-refractivity contribution in [2.75, 3.05) is 23.7 Å². The fraction of sp³-hybridized carbons (Fsp3) is 0.733. The van der Waals surface area contributed by atoms with Gasteiger partial charge in [-0.05, 0) is 38.0 Å². The summed E-state index contributed by atoms with van der Waals surface area (Å²) in [6, 6.07) is 0. The summed E-state index contributed by atoms with van der Waals surface area (Å²) in [6.45, 7) is 8.52. The zero-order chi connectivity index (χ0) is 13.7. The summed E-state index contributed by atoms with van der Waals surface area (Å²) in [5, 5.41) is 6.88. The minimum atomic E-state index is 0.508. The first-order chi connectivity index (χ1) is 9.21. The molecule has 0 radical (unpaired) electrons. The minimum Gasteiger partial charge on any atom is -0.370 e. The number of nitrogens with one attached hydrogen (secondary N) is 2. The predicted molar refractivity (Wildman–Crippen MR) is 80.6 cm³/mol. The van der Waals surface area contributed by atoms with Crippen molar-refractivity contribution >= 4 is 11.6 Å². The van der Waals surface area contributed by atoms with Crippen molar-refractivity contribution in [2.24, 2.45) is 5.41 Å². The Bertz CT molecular complexity index is 407. The van der Waals surface area contributed by atoms with Crippen LogP contribution in [0.25, 0.3) is 0 Å². The molecule has 106 valence electrons. The Kier molecular flexibility index (Phi) is 4.61. The van der Waals surface area contributed by atoms with E-state index in [9.17, 15) is 0 Å². The quantitative estimate of drug-likeness (QED) is 0.788. The highest BCUT2D eigenvalue weighted by atomic mass is 15.1. The second-order valence-electron chi connectivity index (χ2n) is 5.68. The molecule has 1 aromatic heterocycles. The van der Waals surface area contributed by atoms with E-state index in [0.717, 1.165) is 36.7 Å². The molecule has 1 heterocycles. The fourth-order valence-electron chi connectivity index (χ4n) is 2.65. The number of nitrogens with zero attached hydrogens (tertiary/aromatic N) is 2. The summed E-state index contributed by atoms with van der Waals surface area (Å²) in [5.41, 5.74) is 1.63. The lowest BCUT2D eigenvalue weighted by Gasteiger charge is -2.41. The lowest BCUT2D eigenvalue weighted by molar-refractivity contribution is 0.145. The van der Waals surface area contributed by atoms with Crippen LogP contribution in [0.2, 0.25) is 0 Å². The third-order valence-corrected chi connectivity index (χ3v) is 4.42. The highest BCUT2D eigenvalue weighted by molar-refractivity contribution is 5.56. The first-order valence-electron chi connectivity index (χ1n) is 7.50. The first-order valence-corrected chi connectivity index (χ1v) is 7.50. The van der Waals surface area contributed by atoms with E-state index in [-0.39, 0.29) is 0 Å². The van der Waals surface area contributed by atoms with E-state index in [1.165, 1.54) is 25.7 Å². The van der Waals surface area contributed by atoms with Crippen molar-refractivity contribution in [3.8, 4) is 0 Å². The predicted octanol–water partition coefficient (Wildman–Crippen LogP) is 3.60. The summed E-state index contributed by atoms with van der Waals surface area (Å²) in [4.78, 5) is 8.69. The topological polar surface area (TPSA) is 49.8 Å². The molecule has 1 aliphatic carbocycles. The second kappa shape index (κ2) is 6.22. The van der Waals surface area contributed by atoms with E-state index in [4.69, 9.17) is 0 Å². The molecule has 4 nitrogen and oxygen atoms in total. The SMILES string of the molecule is CCCNc1ncnc(NCC2(CC)CCC2)c1C.